The van der Waals surface area contributed by atoms with Crippen LogP contribution in [0.15, 0.2) is 23.3 Å². The summed E-state index contributed by atoms with van der Waals surface area (Å²) in [5, 5.41) is 8.22. The van der Waals surface area contributed by atoms with Gasteiger partial charge < -0.3 is 5.41 Å². The summed E-state index contributed by atoms with van der Waals surface area (Å²) in [6.07, 6.45) is 3.19. The van der Waals surface area contributed by atoms with Crippen molar-refractivity contribution in [3.63, 3.8) is 0 Å². The smallest absolute Gasteiger partial charge is 0.179 e. The van der Waals surface area contributed by atoms with Crippen molar-refractivity contribution < 1.29 is 4.79 Å². The van der Waals surface area contributed by atoms with Gasteiger partial charge >= 0.3 is 0 Å². The van der Waals surface area contributed by atoms with Crippen molar-refractivity contribution in [2.24, 2.45) is 10.8 Å². The summed E-state index contributed by atoms with van der Waals surface area (Å²) in [4.78, 5) is 11.7. The summed E-state index contributed by atoms with van der Waals surface area (Å²) in [5.74, 6) is 0.00542. The minimum atomic E-state index is -0.155. The lowest BCUT2D eigenvalue weighted by Crippen LogP contribution is -2.29. The molecule has 0 atom stereocenters. The fraction of sp³-hybridized carbons (Fsp3) is 0.571. The molecule has 0 heterocycles. The van der Waals surface area contributed by atoms with Gasteiger partial charge in [-0.15, -0.1) is 0 Å². The Balaban J connectivity index is 3.24. The summed E-state index contributed by atoms with van der Waals surface area (Å²) >= 11 is 0. The second-order valence-corrected chi connectivity index (χ2v) is 6.39. The molecule has 2 heteroatoms. The van der Waals surface area contributed by atoms with Gasteiger partial charge in [-0.25, -0.2) is 0 Å². The molecule has 0 saturated heterocycles. The number of carbonyl (C=O) groups excluding carboxylic acids is 1. The maximum Gasteiger partial charge on any atom is 0.179 e. The molecule has 1 aliphatic carbocycles. The van der Waals surface area contributed by atoms with Gasteiger partial charge in [-0.1, -0.05) is 41.5 Å². The van der Waals surface area contributed by atoms with E-state index < -0.39 is 0 Å². The quantitative estimate of drug-likeness (QED) is 0.622. The normalized spacial score (nSPS) is 18.4. The van der Waals surface area contributed by atoms with Crippen LogP contribution in [0.5, 0.6) is 0 Å². The SMILES string of the molecule is CC(C)(C)C1=CC(=O)C=C(C(C)(C)C)C1=N. The van der Waals surface area contributed by atoms with Crippen LogP contribution in [0.3, 0.4) is 0 Å². The highest BCUT2D eigenvalue weighted by Gasteiger charge is 2.32. The van der Waals surface area contributed by atoms with Crippen LogP contribution in [0.25, 0.3) is 0 Å². The zero-order chi connectivity index (χ0) is 12.7. The van der Waals surface area contributed by atoms with Gasteiger partial charge in [0.15, 0.2) is 5.78 Å². The Bertz CT molecular complexity index is 361. The van der Waals surface area contributed by atoms with Crippen molar-refractivity contribution in [2.75, 3.05) is 0 Å². The zero-order valence-electron chi connectivity index (χ0n) is 11.1. The highest BCUT2D eigenvalue weighted by atomic mass is 16.1. The van der Waals surface area contributed by atoms with E-state index in [1.54, 1.807) is 12.2 Å². The van der Waals surface area contributed by atoms with E-state index in [1.165, 1.54) is 0 Å². The molecule has 2 nitrogen and oxygen atoms in total. The molecule has 0 unspecified atom stereocenters. The van der Waals surface area contributed by atoms with Gasteiger partial charge in [-0.3, -0.25) is 4.79 Å². The molecule has 1 aliphatic rings. The van der Waals surface area contributed by atoms with Crippen LogP contribution in [0, 0.1) is 16.2 Å². The van der Waals surface area contributed by atoms with E-state index in [0.29, 0.717) is 5.71 Å². The Morgan fingerprint density at radius 2 is 1.19 bits per heavy atom. The second kappa shape index (κ2) is 3.69. The molecule has 0 aromatic carbocycles. The van der Waals surface area contributed by atoms with Crippen molar-refractivity contribution in [1.82, 2.24) is 0 Å². The van der Waals surface area contributed by atoms with Crippen LogP contribution in [0.1, 0.15) is 41.5 Å². The molecule has 0 amide bonds. The summed E-state index contributed by atoms with van der Waals surface area (Å²) in [7, 11) is 0. The fourth-order valence-corrected chi connectivity index (χ4v) is 1.80. The molecule has 0 saturated carbocycles. The molecule has 0 spiro atoms. The highest BCUT2D eigenvalue weighted by Crippen LogP contribution is 2.36. The Morgan fingerprint density at radius 1 is 0.875 bits per heavy atom. The summed E-state index contributed by atoms with van der Waals surface area (Å²) in [6, 6.07) is 0. The number of ketones is 1. The van der Waals surface area contributed by atoms with Crippen LogP contribution >= 0.6 is 0 Å². The molecule has 0 aliphatic heterocycles. The average Bonchev–Trinajstić information content (AvgIpc) is 2.04. The molecule has 0 radical (unpaired) electrons. The fourth-order valence-electron chi connectivity index (χ4n) is 1.80. The van der Waals surface area contributed by atoms with Crippen molar-refractivity contribution in [1.29, 1.82) is 5.41 Å². The van der Waals surface area contributed by atoms with Gasteiger partial charge in [0.05, 0.1) is 5.71 Å². The number of hydrogen-bond acceptors (Lipinski definition) is 2. The van der Waals surface area contributed by atoms with Crippen LogP contribution in [0.4, 0.5) is 0 Å². The summed E-state index contributed by atoms with van der Waals surface area (Å²) in [6.45, 7) is 12.2. The van der Waals surface area contributed by atoms with E-state index >= 15 is 0 Å². The molecule has 0 aromatic heterocycles. The summed E-state index contributed by atoms with van der Waals surface area (Å²) < 4.78 is 0. The van der Waals surface area contributed by atoms with Crippen molar-refractivity contribution in [3.05, 3.63) is 23.3 Å². The predicted octanol–water partition coefficient (Wildman–Crippen LogP) is 3.53. The number of nitrogens with one attached hydrogen (secondary N) is 1. The van der Waals surface area contributed by atoms with Crippen LogP contribution in [-0.2, 0) is 4.79 Å². The van der Waals surface area contributed by atoms with E-state index in [4.69, 9.17) is 5.41 Å². The lowest BCUT2D eigenvalue weighted by molar-refractivity contribution is -0.110. The number of hydrogen-bond donors (Lipinski definition) is 1. The third kappa shape index (κ3) is 2.49. The first kappa shape index (κ1) is 12.9. The lowest BCUT2D eigenvalue weighted by Gasteiger charge is -2.32. The molecular formula is C14H21NO. The van der Waals surface area contributed by atoms with Gasteiger partial charge in [-0.2, -0.15) is 0 Å². The number of carbonyl (C=O) groups is 1. The van der Waals surface area contributed by atoms with Crippen LogP contribution in [-0.4, -0.2) is 11.5 Å². The largest absolute Gasteiger partial charge is 0.300 e. The number of allylic oxidation sites excluding steroid dienone is 4. The first-order valence-corrected chi connectivity index (χ1v) is 5.61. The topological polar surface area (TPSA) is 40.9 Å². The molecule has 88 valence electrons. The molecule has 0 bridgehead atoms. The average molecular weight is 219 g/mol. The van der Waals surface area contributed by atoms with E-state index in [0.717, 1.165) is 11.1 Å². The Labute approximate surface area is 97.9 Å². The van der Waals surface area contributed by atoms with Crippen molar-refractivity contribution >= 4 is 11.5 Å². The van der Waals surface area contributed by atoms with E-state index in [-0.39, 0.29) is 16.6 Å². The third-order valence-corrected chi connectivity index (χ3v) is 2.73. The molecule has 0 aromatic rings. The highest BCUT2D eigenvalue weighted by molar-refractivity contribution is 6.22. The molecule has 16 heavy (non-hydrogen) atoms. The van der Waals surface area contributed by atoms with Gasteiger partial charge in [0.2, 0.25) is 0 Å². The Kier molecular flexibility index (Phi) is 2.97. The Hall–Kier alpha value is -1.18. The summed E-state index contributed by atoms with van der Waals surface area (Å²) in [5.41, 5.74) is 1.88. The monoisotopic (exact) mass is 219 g/mol. The van der Waals surface area contributed by atoms with Crippen LogP contribution in [0.2, 0.25) is 0 Å². The third-order valence-electron chi connectivity index (χ3n) is 2.73. The van der Waals surface area contributed by atoms with Crippen molar-refractivity contribution in [2.45, 2.75) is 41.5 Å². The number of rotatable bonds is 0. The standard InChI is InChI=1S/C14H21NO/c1-13(2,3)10-7-9(16)8-11(12(10)15)14(4,5)6/h7-8,15H,1-6H3. The first-order valence-electron chi connectivity index (χ1n) is 5.61. The predicted molar refractivity (Wildman–Crippen MR) is 67.8 cm³/mol. The van der Waals surface area contributed by atoms with Gasteiger partial charge in [0, 0.05) is 0 Å². The van der Waals surface area contributed by atoms with Gasteiger partial charge in [-0.05, 0) is 34.1 Å². The van der Waals surface area contributed by atoms with E-state index in [1.807, 2.05) is 41.5 Å². The Morgan fingerprint density at radius 3 is 1.44 bits per heavy atom. The molecule has 0 fully saturated rings. The lowest BCUT2D eigenvalue weighted by atomic mass is 9.72. The van der Waals surface area contributed by atoms with Gasteiger partial charge in [0.1, 0.15) is 0 Å². The second-order valence-electron chi connectivity index (χ2n) is 6.39. The molecule has 1 rings (SSSR count). The van der Waals surface area contributed by atoms with Crippen molar-refractivity contribution in [3.8, 4) is 0 Å². The van der Waals surface area contributed by atoms with E-state index in [9.17, 15) is 4.79 Å². The minimum absolute atomic E-state index is 0.00542. The van der Waals surface area contributed by atoms with Gasteiger partial charge in [0.25, 0.3) is 0 Å². The van der Waals surface area contributed by atoms with E-state index in [2.05, 4.69) is 0 Å². The molecular weight excluding hydrogens is 198 g/mol. The van der Waals surface area contributed by atoms with Crippen LogP contribution < -0.4 is 0 Å². The molecule has 1 N–H and O–H groups in total. The maximum absolute atomic E-state index is 11.7. The maximum atomic E-state index is 11.7. The first-order chi connectivity index (χ1) is 7.03. The zero-order valence-corrected chi connectivity index (χ0v) is 11.1. The minimum Gasteiger partial charge on any atom is -0.300 e.